The highest BCUT2D eigenvalue weighted by Crippen LogP contribution is 2.38. The summed E-state index contributed by atoms with van der Waals surface area (Å²) in [7, 11) is 0. The average Bonchev–Trinajstić information content (AvgIpc) is 2.84. The molecule has 0 saturated carbocycles. The van der Waals surface area contributed by atoms with E-state index in [9.17, 15) is 4.39 Å². The summed E-state index contributed by atoms with van der Waals surface area (Å²) in [6, 6.07) is 11.5. The van der Waals surface area contributed by atoms with Gasteiger partial charge in [-0.1, -0.05) is 28.9 Å². The summed E-state index contributed by atoms with van der Waals surface area (Å²) in [4.78, 5) is 0. The number of nitrogens with two attached hydrogens (primary N) is 1. The SMILES string of the molecule is Nc1onc(-c2cc(Cl)ccc2I)c1-c1ccc(F)cc1. The second kappa shape index (κ2) is 5.65. The molecule has 0 radical (unpaired) electrons. The number of halogens is 3. The molecule has 0 fully saturated rings. The average molecular weight is 415 g/mol. The molecule has 2 N–H and O–H groups in total. The van der Waals surface area contributed by atoms with E-state index in [-0.39, 0.29) is 11.7 Å². The highest BCUT2D eigenvalue weighted by Gasteiger charge is 2.19. The first-order valence-electron chi connectivity index (χ1n) is 6.03. The van der Waals surface area contributed by atoms with Crippen molar-refractivity contribution in [2.75, 3.05) is 5.73 Å². The Morgan fingerprint density at radius 3 is 2.57 bits per heavy atom. The monoisotopic (exact) mass is 414 g/mol. The van der Waals surface area contributed by atoms with Crippen LogP contribution in [-0.4, -0.2) is 5.16 Å². The summed E-state index contributed by atoms with van der Waals surface area (Å²) in [5.41, 5.74) is 8.66. The molecular formula is C15H9ClFIN2O. The van der Waals surface area contributed by atoms with Crippen LogP contribution in [0.5, 0.6) is 0 Å². The van der Waals surface area contributed by atoms with Crippen molar-refractivity contribution in [3.05, 3.63) is 56.9 Å². The first kappa shape index (κ1) is 14.3. The quantitative estimate of drug-likeness (QED) is 0.601. The standard InChI is InChI=1S/C15H9ClFIN2O/c16-9-3-6-12(18)11(7-9)14-13(15(19)21-20-14)8-1-4-10(17)5-2-8/h1-7H,19H2. The minimum absolute atomic E-state index is 0.187. The van der Waals surface area contributed by atoms with Gasteiger partial charge >= 0.3 is 0 Å². The molecule has 6 heteroatoms. The van der Waals surface area contributed by atoms with E-state index in [4.69, 9.17) is 21.9 Å². The summed E-state index contributed by atoms with van der Waals surface area (Å²) in [6.45, 7) is 0. The van der Waals surface area contributed by atoms with Gasteiger partial charge in [0.2, 0.25) is 5.88 Å². The number of aromatic nitrogens is 1. The normalized spacial score (nSPS) is 10.8. The molecule has 3 rings (SSSR count). The summed E-state index contributed by atoms with van der Waals surface area (Å²) in [5.74, 6) is -0.125. The maximum absolute atomic E-state index is 13.1. The zero-order valence-corrected chi connectivity index (χ0v) is 13.5. The predicted molar refractivity (Wildman–Crippen MR) is 89.5 cm³/mol. The minimum atomic E-state index is -0.312. The third-order valence-corrected chi connectivity index (χ3v) is 4.21. The Kier molecular flexibility index (Phi) is 3.86. The lowest BCUT2D eigenvalue weighted by Crippen LogP contribution is -1.90. The van der Waals surface area contributed by atoms with Gasteiger partial charge in [-0.05, 0) is 58.5 Å². The zero-order valence-electron chi connectivity index (χ0n) is 10.6. The van der Waals surface area contributed by atoms with Crippen molar-refractivity contribution in [2.45, 2.75) is 0 Å². The van der Waals surface area contributed by atoms with Gasteiger partial charge in [0.1, 0.15) is 11.5 Å². The van der Waals surface area contributed by atoms with Crippen LogP contribution in [0.15, 0.2) is 47.0 Å². The van der Waals surface area contributed by atoms with Crippen molar-refractivity contribution < 1.29 is 8.91 Å². The first-order valence-corrected chi connectivity index (χ1v) is 7.48. The molecule has 2 aromatic carbocycles. The molecule has 0 aliphatic heterocycles. The van der Waals surface area contributed by atoms with Gasteiger partial charge < -0.3 is 10.3 Å². The lowest BCUT2D eigenvalue weighted by atomic mass is 10.0. The molecule has 1 aromatic heterocycles. The lowest BCUT2D eigenvalue weighted by Gasteiger charge is -2.05. The van der Waals surface area contributed by atoms with Gasteiger partial charge in [0, 0.05) is 14.2 Å². The molecular weight excluding hydrogens is 406 g/mol. The van der Waals surface area contributed by atoms with Crippen LogP contribution in [0.25, 0.3) is 22.4 Å². The maximum Gasteiger partial charge on any atom is 0.230 e. The highest BCUT2D eigenvalue weighted by molar-refractivity contribution is 14.1. The number of nitrogen functional groups attached to an aromatic ring is 1. The minimum Gasteiger partial charge on any atom is -0.367 e. The Morgan fingerprint density at radius 1 is 1.14 bits per heavy atom. The number of anilines is 1. The van der Waals surface area contributed by atoms with E-state index in [1.54, 1.807) is 24.3 Å². The highest BCUT2D eigenvalue weighted by atomic mass is 127. The van der Waals surface area contributed by atoms with E-state index in [1.807, 2.05) is 6.07 Å². The largest absolute Gasteiger partial charge is 0.367 e. The smallest absolute Gasteiger partial charge is 0.230 e. The summed E-state index contributed by atoms with van der Waals surface area (Å²) >= 11 is 8.24. The lowest BCUT2D eigenvalue weighted by molar-refractivity contribution is 0.439. The molecule has 0 amide bonds. The molecule has 21 heavy (non-hydrogen) atoms. The third-order valence-electron chi connectivity index (χ3n) is 3.03. The van der Waals surface area contributed by atoms with Gasteiger partial charge in [-0.15, -0.1) is 0 Å². The van der Waals surface area contributed by atoms with Crippen molar-refractivity contribution >= 4 is 40.1 Å². The third kappa shape index (κ3) is 2.75. The summed E-state index contributed by atoms with van der Waals surface area (Å²) < 4.78 is 19.2. The Balaban J connectivity index is 2.21. The molecule has 3 aromatic rings. The van der Waals surface area contributed by atoms with E-state index >= 15 is 0 Å². The van der Waals surface area contributed by atoms with Crippen molar-refractivity contribution in [3.63, 3.8) is 0 Å². The number of rotatable bonds is 2. The molecule has 0 aliphatic carbocycles. The van der Waals surface area contributed by atoms with Crippen molar-refractivity contribution in [1.82, 2.24) is 5.16 Å². The van der Waals surface area contributed by atoms with Crippen LogP contribution >= 0.6 is 34.2 Å². The molecule has 106 valence electrons. The van der Waals surface area contributed by atoms with Gasteiger partial charge in [0.05, 0.1) is 5.56 Å². The Bertz CT molecular complexity index is 802. The van der Waals surface area contributed by atoms with Crippen molar-refractivity contribution in [3.8, 4) is 22.4 Å². The maximum atomic E-state index is 13.1. The summed E-state index contributed by atoms with van der Waals surface area (Å²) in [5, 5.41) is 4.62. The molecule has 0 aliphatic rings. The van der Waals surface area contributed by atoms with E-state index in [1.165, 1.54) is 12.1 Å². The van der Waals surface area contributed by atoms with E-state index < -0.39 is 0 Å². The first-order chi connectivity index (χ1) is 10.1. The van der Waals surface area contributed by atoms with Crippen LogP contribution in [0.4, 0.5) is 10.3 Å². The Hall–Kier alpha value is -1.60. The molecule has 0 unspecified atom stereocenters. The molecule has 0 saturated heterocycles. The second-order valence-corrected chi connectivity index (χ2v) is 6.00. The summed E-state index contributed by atoms with van der Waals surface area (Å²) in [6.07, 6.45) is 0. The Labute approximate surface area is 139 Å². The van der Waals surface area contributed by atoms with Gasteiger partial charge in [0.25, 0.3) is 0 Å². The van der Waals surface area contributed by atoms with Crippen LogP contribution in [0.1, 0.15) is 0 Å². The zero-order chi connectivity index (χ0) is 15.0. The van der Waals surface area contributed by atoms with Crippen molar-refractivity contribution in [2.24, 2.45) is 0 Å². The molecule has 1 heterocycles. The fourth-order valence-corrected chi connectivity index (χ4v) is 2.82. The van der Waals surface area contributed by atoms with Crippen LogP contribution in [0, 0.1) is 9.39 Å². The molecule has 0 spiro atoms. The van der Waals surface area contributed by atoms with E-state index in [2.05, 4.69) is 27.7 Å². The van der Waals surface area contributed by atoms with Gasteiger partial charge in [-0.2, -0.15) is 0 Å². The molecule has 0 atom stereocenters. The Morgan fingerprint density at radius 2 is 1.86 bits per heavy atom. The second-order valence-electron chi connectivity index (χ2n) is 4.40. The predicted octanol–water partition coefficient (Wildman–Crippen LogP) is 4.99. The topological polar surface area (TPSA) is 52.0 Å². The van der Waals surface area contributed by atoms with Crippen LogP contribution < -0.4 is 5.73 Å². The number of nitrogens with zero attached hydrogens (tertiary/aromatic N) is 1. The van der Waals surface area contributed by atoms with E-state index in [0.29, 0.717) is 16.3 Å². The fraction of sp³-hybridized carbons (Fsp3) is 0. The molecule has 3 nitrogen and oxygen atoms in total. The molecule has 0 bridgehead atoms. The van der Waals surface area contributed by atoms with Crippen LogP contribution in [-0.2, 0) is 0 Å². The fourth-order valence-electron chi connectivity index (χ4n) is 2.06. The number of hydrogen-bond donors (Lipinski definition) is 1. The van der Waals surface area contributed by atoms with Crippen LogP contribution in [0.3, 0.4) is 0 Å². The number of hydrogen-bond acceptors (Lipinski definition) is 3. The van der Waals surface area contributed by atoms with Gasteiger partial charge in [-0.25, -0.2) is 4.39 Å². The van der Waals surface area contributed by atoms with Crippen molar-refractivity contribution in [1.29, 1.82) is 0 Å². The van der Waals surface area contributed by atoms with Crippen LogP contribution in [0.2, 0.25) is 5.02 Å². The van der Waals surface area contributed by atoms with Gasteiger partial charge in [0.15, 0.2) is 0 Å². The number of benzene rings is 2. The van der Waals surface area contributed by atoms with E-state index in [0.717, 1.165) is 14.7 Å². The van der Waals surface area contributed by atoms with Gasteiger partial charge in [-0.3, -0.25) is 0 Å².